The Bertz CT molecular complexity index is 334. The topological polar surface area (TPSA) is 49.3 Å². The molecule has 0 bridgehead atoms. The smallest absolute Gasteiger partial charge is 0.251 e. The van der Waals surface area contributed by atoms with Gasteiger partial charge in [-0.15, -0.1) is 0 Å². The third-order valence-electron chi connectivity index (χ3n) is 2.02. The summed E-state index contributed by atoms with van der Waals surface area (Å²) in [6.07, 6.45) is 0. The minimum atomic E-state index is -0.128. The summed E-state index contributed by atoms with van der Waals surface area (Å²) in [5.74, 6) is -0.128. The van der Waals surface area contributed by atoms with Gasteiger partial charge in [-0.05, 0) is 25.5 Å². The van der Waals surface area contributed by atoms with Gasteiger partial charge in [-0.1, -0.05) is 17.7 Å². The van der Waals surface area contributed by atoms with Gasteiger partial charge in [-0.2, -0.15) is 0 Å². The van der Waals surface area contributed by atoms with Crippen LogP contribution in [0.3, 0.4) is 0 Å². The summed E-state index contributed by atoms with van der Waals surface area (Å²) in [6.45, 7) is 4.16. The van der Waals surface area contributed by atoms with Crippen LogP contribution in [-0.2, 0) is 0 Å². The molecule has 0 saturated carbocycles. The Balaban J connectivity index is 2.80. The van der Waals surface area contributed by atoms with Gasteiger partial charge in [0, 0.05) is 12.1 Å². The van der Waals surface area contributed by atoms with Crippen molar-refractivity contribution in [1.29, 1.82) is 0 Å². The number of nitrogens with one attached hydrogen (secondary N) is 1. The molecule has 0 saturated heterocycles. The fourth-order valence-electron chi connectivity index (χ4n) is 1.33. The second-order valence-corrected chi connectivity index (χ2v) is 3.30. The Kier molecular flexibility index (Phi) is 3.65. The van der Waals surface area contributed by atoms with Crippen LogP contribution in [0.4, 0.5) is 0 Å². The van der Waals surface area contributed by atoms with E-state index in [0.717, 1.165) is 11.1 Å². The zero-order chi connectivity index (χ0) is 10.6. The zero-order valence-electron chi connectivity index (χ0n) is 8.50. The number of aliphatic hydroxyl groups is 1. The first-order chi connectivity index (χ1) is 6.65. The first-order valence-electron chi connectivity index (χ1n) is 4.61. The van der Waals surface area contributed by atoms with Crippen molar-refractivity contribution in [2.75, 3.05) is 13.2 Å². The van der Waals surface area contributed by atoms with E-state index in [9.17, 15) is 4.79 Å². The lowest BCUT2D eigenvalue weighted by molar-refractivity contribution is 0.0944. The van der Waals surface area contributed by atoms with E-state index in [1.54, 1.807) is 6.07 Å². The molecule has 2 N–H and O–H groups in total. The van der Waals surface area contributed by atoms with Gasteiger partial charge in [0.2, 0.25) is 0 Å². The highest BCUT2D eigenvalue weighted by atomic mass is 16.3. The van der Waals surface area contributed by atoms with Crippen LogP contribution in [0, 0.1) is 13.8 Å². The van der Waals surface area contributed by atoms with Crippen molar-refractivity contribution < 1.29 is 9.90 Å². The van der Waals surface area contributed by atoms with Crippen molar-refractivity contribution in [2.24, 2.45) is 0 Å². The summed E-state index contributed by atoms with van der Waals surface area (Å²) in [4.78, 5) is 11.5. The molecule has 0 aliphatic rings. The van der Waals surface area contributed by atoms with Crippen LogP contribution in [0.25, 0.3) is 0 Å². The lowest BCUT2D eigenvalue weighted by Gasteiger charge is -2.06. The Morgan fingerprint density at radius 1 is 1.43 bits per heavy atom. The number of carbonyl (C=O) groups excluding carboxylic acids is 1. The van der Waals surface area contributed by atoms with E-state index in [4.69, 9.17) is 5.11 Å². The molecule has 76 valence electrons. The van der Waals surface area contributed by atoms with Crippen LogP contribution in [0.2, 0.25) is 0 Å². The van der Waals surface area contributed by atoms with Crippen molar-refractivity contribution in [3.63, 3.8) is 0 Å². The molecule has 1 aromatic rings. The molecular formula is C11H15NO2. The number of carbonyl (C=O) groups is 1. The number of aliphatic hydroxyl groups excluding tert-OH is 1. The fourth-order valence-corrected chi connectivity index (χ4v) is 1.33. The molecule has 1 aromatic carbocycles. The number of hydrogen-bond donors (Lipinski definition) is 2. The van der Waals surface area contributed by atoms with Crippen LogP contribution >= 0.6 is 0 Å². The van der Waals surface area contributed by atoms with E-state index >= 15 is 0 Å². The maximum absolute atomic E-state index is 11.5. The summed E-state index contributed by atoms with van der Waals surface area (Å²) >= 11 is 0. The van der Waals surface area contributed by atoms with E-state index < -0.39 is 0 Å². The van der Waals surface area contributed by atoms with Gasteiger partial charge < -0.3 is 10.4 Å². The number of aryl methyl sites for hydroxylation is 2. The molecule has 0 heterocycles. The molecule has 0 spiro atoms. The van der Waals surface area contributed by atoms with Crippen LogP contribution in [0.5, 0.6) is 0 Å². The Morgan fingerprint density at radius 2 is 2.14 bits per heavy atom. The molecular weight excluding hydrogens is 178 g/mol. The highest BCUT2D eigenvalue weighted by Crippen LogP contribution is 2.09. The molecule has 0 fully saturated rings. The van der Waals surface area contributed by atoms with Gasteiger partial charge in [0.1, 0.15) is 0 Å². The van der Waals surface area contributed by atoms with E-state index in [0.29, 0.717) is 12.1 Å². The summed E-state index contributed by atoms with van der Waals surface area (Å²) in [5, 5.41) is 11.2. The fraction of sp³-hybridized carbons (Fsp3) is 0.364. The minimum Gasteiger partial charge on any atom is -0.395 e. The first kappa shape index (κ1) is 10.7. The van der Waals surface area contributed by atoms with Crippen LogP contribution in [0.15, 0.2) is 18.2 Å². The normalized spacial score (nSPS) is 9.93. The van der Waals surface area contributed by atoms with Crippen molar-refractivity contribution in [3.8, 4) is 0 Å². The quantitative estimate of drug-likeness (QED) is 0.753. The lowest BCUT2D eigenvalue weighted by atomic mass is 10.1. The Hall–Kier alpha value is -1.35. The molecule has 14 heavy (non-hydrogen) atoms. The van der Waals surface area contributed by atoms with E-state index in [1.165, 1.54) is 0 Å². The average Bonchev–Trinajstić information content (AvgIpc) is 2.14. The van der Waals surface area contributed by atoms with Crippen LogP contribution in [-0.4, -0.2) is 24.2 Å². The molecule has 0 aliphatic heterocycles. The third-order valence-corrected chi connectivity index (χ3v) is 2.02. The largest absolute Gasteiger partial charge is 0.395 e. The molecule has 0 atom stereocenters. The molecule has 1 rings (SSSR count). The number of amides is 1. The second-order valence-electron chi connectivity index (χ2n) is 3.30. The van der Waals surface area contributed by atoms with Gasteiger partial charge in [-0.25, -0.2) is 0 Å². The minimum absolute atomic E-state index is 0.0311. The number of hydrogen-bond acceptors (Lipinski definition) is 2. The molecule has 3 heteroatoms. The van der Waals surface area contributed by atoms with Crippen molar-refractivity contribution in [2.45, 2.75) is 13.8 Å². The molecule has 3 nitrogen and oxygen atoms in total. The summed E-state index contributed by atoms with van der Waals surface area (Å²) in [7, 11) is 0. The van der Waals surface area contributed by atoms with Crippen molar-refractivity contribution in [1.82, 2.24) is 5.32 Å². The van der Waals surface area contributed by atoms with Gasteiger partial charge >= 0.3 is 0 Å². The molecule has 0 aromatic heterocycles. The van der Waals surface area contributed by atoms with E-state index in [-0.39, 0.29) is 12.5 Å². The van der Waals surface area contributed by atoms with Gasteiger partial charge in [-0.3, -0.25) is 4.79 Å². The van der Waals surface area contributed by atoms with Crippen LogP contribution in [0.1, 0.15) is 21.5 Å². The Morgan fingerprint density at radius 3 is 2.71 bits per heavy atom. The molecule has 1 amide bonds. The van der Waals surface area contributed by atoms with Crippen molar-refractivity contribution >= 4 is 5.91 Å². The zero-order valence-corrected chi connectivity index (χ0v) is 8.50. The predicted octanol–water partition coefficient (Wildman–Crippen LogP) is 1.03. The number of rotatable bonds is 3. The summed E-state index contributed by atoms with van der Waals surface area (Å²) in [6, 6.07) is 5.67. The third kappa shape index (κ3) is 2.57. The molecule has 0 unspecified atom stereocenters. The maximum atomic E-state index is 11.5. The monoisotopic (exact) mass is 193 g/mol. The average molecular weight is 193 g/mol. The standard InChI is InChI=1S/C11H15NO2/c1-8-3-4-10(9(2)7-8)11(14)12-5-6-13/h3-4,7,13H,5-6H2,1-2H3,(H,12,14). The van der Waals surface area contributed by atoms with Gasteiger partial charge in [0.05, 0.1) is 6.61 Å². The highest BCUT2D eigenvalue weighted by Gasteiger charge is 2.07. The van der Waals surface area contributed by atoms with Gasteiger partial charge in [0.15, 0.2) is 0 Å². The van der Waals surface area contributed by atoms with Crippen LogP contribution < -0.4 is 5.32 Å². The summed E-state index contributed by atoms with van der Waals surface area (Å²) in [5.41, 5.74) is 2.77. The highest BCUT2D eigenvalue weighted by molar-refractivity contribution is 5.95. The maximum Gasteiger partial charge on any atom is 0.251 e. The number of benzene rings is 1. The second kappa shape index (κ2) is 4.77. The SMILES string of the molecule is Cc1ccc(C(=O)NCCO)c(C)c1. The first-order valence-corrected chi connectivity index (χ1v) is 4.61. The predicted molar refractivity (Wildman–Crippen MR) is 55.3 cm³/mol. The molecule has 0 radical (unpaired) electrons. The summed E-state index contributed by atoms with van der Waals surface area (Å²) < 4.78 is 0. The van der Waals surface area contributed by atoms with Gasteiger partial charge in [0.25, 0.3) is 5.91 Å². The lowest BCUT2D eigenvalue weighted by Crippen LogP contribution is -2.26. The van der Waals surface area contributed by atoms with Crippen molar-refractivity contribution in [3.05, 3.63) is 34.9 Å². The molecule has 0 aliphatic carbocycles. The Labute approximate surface area is 83.8 Å². The van der Waals surface area contributed by atoms with E-state index in [2.05, 4.69) is 5.32 Å². The van der Waals surface area contributed by atoms with E-state index in [1.807, 2.05) is 26.0 Å².